The molecule has 1 aromatic heterocycles. The molecule has 0 saturated heterocycles. The van der Waals surface area contributed by atoms with Gasteiger partial charge >= 0.3 is 0 Å². The lowest BCUT2D eigenvalue weighted by atomic mass is 10.4. The third-order valence-corrected chi connectivity index (χ3v) is 2.14. The molecular formula is C6H5OS2-. The molecule has 0 atom stereocenters. The fourth-order valence-corrected chi connectivity index (χ4v) is 1.50. The summed E-state index contributed by atoms with van der Waals surface area (Å²) in [5.74, 6) is -0.00231. The van der Waals surface area contributed by atoms with Crippen molar-refractivity contribution >= 4 is 23.6 Å². The van der Waals surface area contributed by atoms with Crippen molar-refractivity contribution in [3.8, 4) is 5.75 Å². The van der Waals surface area contributed by atoms with Gasteiger partial charge in [-0.15, -0.1) is 11.3 Å². The van der Waals surface area contributed by atoms with Gasteiger partial charge in [0.15, 0.2) is 0 Å². The zero-order valence-corrected chi connectivity index (χ0v) is 6.51. The molecule has 0 bridgehead atoms. The summed E-state index contributed by atoms with van der Waals surface area (Å²) in [6.45, 7) is 1.78. The minimum Gasteiger partial charge on any atom is -0.871 e. The van der Waals surface area contributed by atoms with Crippen LogP contribution in [0.25, 0.3) is 0 Å². The average Bonchev–Trinajstić information content (AvgIpc) is 1.83. The molecule has 0 unspecified atom stereocenters. The number of rotatable bonds is 0. The molecule has 0 amide bonds. The molecule has 0 aliphatic carbocycles. The van der Waals surface area contributed by atoms with Crippen molar-refractivity contribution in [2.24, 2.45) is 0 Å². The van der Waals surface area contributed by atoms with Gasteiger partial charge in [-0.1, -0.05) is 18.0 Å². The summed E-state index contributed by atoms with van der Waals surface area (Å²) in [7, 11) is 0. The first-order chi connectivity index (χ1) is 4.22. The van der Waals surface area contributed by atoms with E-state index in [1.165, 1.54) is 11.3 Å². The van der Waals surface area contributed by atoms with Crippen molar-refractivity contribution in [3.63, 3.8) is 0 Å². The maximum Gasteiger partial charge on any atom is 0.0317 e. The molecule has 1 aromatic rings. The summed E-state index contributed by atoms with van der Waals surface area (Å²) < 4.78 is 0.422. The van der Waals surface area contributed by atoms with Crippen molar-refractivity contribution in [2.75, 3.05) is 0 Å². The summed E-state index contributed by atoms with van der Waals surface area (Å²) in [5, 5.41) is 12.7. The number of hydrogen-bond acceptors (Lipinski definition) is 3. The van der Waals surface area contributed by atoms with Crippen molar-refractivity contribution in [1.82, 2.24) is 0 Å². The van der Waals surface area contributed by atoms with Gasteiger partial charge < -0.3 is 5.11 Å². The van der Waals surface area contributed by atoms with E-state index in [2.05, 4.69) is 0 Å². The monoisotopic (exact) mass is 157 g/mol. The highest BCUT2D eigenvalue weighted by atomic mass is 32.1. The van der Waals surface area contributed by atoms with Crippen LogP contribution in [0.5, 0.6) is 5.75 Å². The summed E-state index contributed by atoms with van der Waals surface area (Å²) in [6, 6.07) is 1.66. The molecule has 0 spiro atoms. The van der Waals surface area contributed by atoms with Crippen LogP contribution in [-0.2, 0) is 0 Å². The van der Waals surface area contributed by atoms with Gasteiger partial charge in [-0.2, -0.15) is 0 Å². The van der Waals surface area contributed by atoms with Gasteiger partial charge in [0.05, 0.1) is 0 Å². The van der Waals surface area contributed by atoms with E-state index in [-0.39, 0.29) is 5.75 Å². The van der Waals surface area contributed by atoms with Crippen LogP contribution in [0.4, 0.5) is 0 Å². The second-order valence-electron chi connectivity index (χ2n) is 1.67. The molecule has 1 heterocycles. The summed E-state index contributed by atoms with van der Waals surface area (Å²) >= 11 is 6.16. The lowest BCUT2D eigenvalue weighted by Crippen LogP contribution is -1.91. The average molecular weight is 157 g/mol. The van der Waals surface area contributed by atoms with Crippen molar-refractivity contribution < 1.29 is 5.11 Å². The molecule has 0 N–H and O–H groups in total. The van der Waals surface area contributed by atoms with Gasteiger partial charge in [0.2, 0.25) is 0 Å². The van der Waals surface area contributed by atoms with Gasteiger partial charge in [-0.25, -0.2) is 0 Å². The second-order valence-corrected chi connectivity index (χ2v) is 3.23. The minimum atomic E-state index is -0.00231. The quantitative estimate of drug-likeness (QED) is 0.536. The first-order valence-corrected chi connectivity index (χ1v) is 3.76. The minimum absolute atomic E-state index is 0.00231. The van der Waals surface area contributed by atoms with Crippen LogP contribution in [0, 0.1) is 11.4 Å². The van der Waals surface area contributed by atoms with E-state index in [4.69, 9.17) is 12.2 Å². The summed E-state index contributed by atoms with van der Waals surface area (Å²) in [5.41, 5.74) is 0. The van der Waals surface area contributed by atoms with Gasteiger partial charge in [-0.3, -0.25) is 0 Å². The van der Waals surface area contributed by atoms with Gasteiger partial charge in [0.1, 0.15) is 0 Å². The van der Waals surface area contributed by atoms with Gasteiger partial charge in [0, 0.05) is 4.51 Å². The molecule has 0 fully saturated rings. The zero-order chi connectivity index (χ0) is 6.85. The molecule has 9 heavy (non-hydrogen) atoms. The maximum atomic E-state index is 10.9. The predicted molar refractivity (Wildman–Crippen MR) is 39.3 cm³/mol. The normalized spacial score (nSPS) is 9.44. The SMILES string of the molecule is Cc1sccc(=S)c1[O-]. The van der Waals surface area contributed by atoms with E-state index in [1.807, 2.05) is 5.38 Å². The number of hydrogen-bond donors (Lipinski definition) is 0. The molecule has 0 saturated carbocycles. The Balaban J connectivity index is 3.43. The smallest absolute Gasteiger partial charge is 0.0317 e. The zero-order valence-electron chi connectivity index (χ0n) is 4.88. The molecule has 1 rings (SSSR count). The predicted octanol–water partition coefficient (Wildman–Crippen LogP) is 1.86. The molecule has 0 aliphatic heterocycles. The fraction of sp³-hybridized carbons (Fsp3) is 0.167. The van der Waals surface area contributed by atoms with Crippen LogP contribution in [-0.4, -0.2) is 0 Å². The first-order valence-electron chi connectivity index (χ1n) is 2.47. The van der Waals surface area contributed by atoms with Crippen LogP contribution in [0.1, 0.15) is 4.88 Å². The Morgan fingerprint density at radius 2 is 2.33 bits per heavy atom. The van der Waals surface area contributed by atoms with Gasteiger partial charge in [-0.05, 0) is 23.2 Å². The molecule has 0 radical (unpaired) electrons. The Bertz CT molecular complexity index is 264. The number of aryl methyl sites for hydroxylation is 1. The Labute approximate surface area is 62.6 Å². The molecular weight excluding hydrogens is 152 g/mol. The molecule has 0 aliphatic rings. The van der Waals surface area contributed by atoms with E-state index >= 15 is 0 Å². The first kappa shape index (κ1) is 6.71. The maximum absolute atomic E-state index is 10.9. The lowest BCUT2D eigenvalue weighted by Gasteiger charge is -2.06. The highest BCUT2D eigenvalue weighted by molar-refractivity contribution is 7.71. The van der Waals surface area contributed by atoms with E-state index in [9.17, 15) is 5.11 Å². The topological polar surface area (TPSA) is 23.1 Å². The van der Waals surface area contributed by atoms with Crippen LogP contribution in [0.3, 0.4) is 0 Å². The molecule has 48 valence electrons. The van der Waals surface area contributed by atoms with E-state index < -0.39 is 0 Å². The van der Waals surface area contributed by atoms with Crippen molar-refractivity contribution in [1.29, 1.82) is 0 Å². The van der Waals surface area contributed by atoms with E-state index in [0.717, 1.165) is 4.88 Å². The standard InChI is InChI=1S/C6H6OS2/c1-4-6(7)5(8)2-3-9-4/h2-3,7H,1H3/p-1. The van der Waals surface area contributed by atoms with E-state index in [1.54, 1.807) is 13.0 Å². The van der Waals surface area contributed by atoms with Gasteiger partial charge in [0.25, 0.3) is 0 Å². The Morgan fingerprint density at radius 3 is 2.78 bits per heavy atom. The fourth-order valence-electron chi connectivity index (χ4n) is 0.501. The van der Waals surface area contributed by atoms with Crippen LogP contribution in [0.2, 0.25) is 0 Å². The summed E-state index contributed by atoms with van der Waals surface area (Å²) in [6.07, 6.45) is 0. The van der Waals surface area contributed by atoms with Crippen LogP contribution < -0.4 is 5.11 Å². The van der Waals surface area contributed by atoms with Crippen molar-refractivity contribution in [2.45, 2.75) is 6.92 Å². The Kier molecular flexibility index (Phi) is 1.83. The second kappa shape index (κ2) is 2.45. The highest BCUT2D eigenvalue weighted by Crippen LogP contribution is 2.17. The largest absolute Gasteiger partial charge is 0.871 e. The van der Waals surface area contributed by atoms with Crippen LogP contribution in [0.15, 0.2) is 11.4 Å². The molecule has 3 heteroatoms. The third kappa shape index (κ3) is 1.28. The molecule has 1 nitrogen and oxygen atoms in total. The van der Waals surface area contributed by atoms with E-state index in [0.29, 0.717) is 4.51 Å². The lowest BCUT2D eigenvalue weighted by molar-refractivity contribution is -0.269. The van der Waals surface area contributed by atoms with Crippen LogP contribution >= 0.6 is 23.6 Å². The highest BCUT2D eigenvalue weighted by Gasteiger charge is 1.84. The Morgan fingerprint density at radius 1 is 1.67 bits per heavy atom. The Hall–Kier alpha value is -0.410. The molecule has 0 aromatic carbocycles. The van der Waals surface area contributed by atoms with Crippen molar-refractivity contribution in [3.05, 3.63) is 20.8 Å². The third-order valence-electron chi connectivity index (χ3n) is 1.01. The summed E-state index contributed by atoms with van der Waals surface area (Å²) in [4.78, 5) is 0.766.